The summed E-state index contributed by atoms with van der Waals surface area (Å²) in [6.07, 6.45) is 2.36. The first-order valence-corrected chi connectivity index (χ1v) is 5.61. The molecule has 0 radical (unpaired) electrons. The van der Waals surface area contributed by atoms with Crippen molar-refractivity contribution in [3.05, 3.63) is 0 Å². The van der Waals surface area contributed by atoms with Crippen molar-refractivity contribution in [1.29, 1.82) is 0 Å². The average molecular weight is 201 g/mol. The van der Waals surface area contributed by atoms with Gasteiger partial charge in [0.15, 0.2) is 0 Å². The van der Waals surface area contributed by atoms with Gasteiger partial charge in [-0.25, -0.2) is 0 Å². The normalized spacial score (nSPS) is 21.2. The van der Waals surface area contributed by atoms with E-state index in [1.807, 2.05) is 6.92 Å². The number of hydrogen-bond acceptors (Lipinski definition) is 3. The molecule has 3 heteroatoms. The quantitative estimate of drug-likeness (QED) is 0.670. The highest BCUT2D eigenvalue weighted by Gasteiger charge is 2.30. The van der Waals surface area contributed by atoms with Crippen molar-refractivity contribution in [2.45, 2.75) is 38.8 Å². The number of aliphatic hydroxyl groups excluding tert-OH is 1. The van der Waals surface area contributed by atoms with Gasteiger partial charge in [-0.05, 0) is 39.7 Å². The molecule has 1 fully saturated rings. The standard InChI is InChI=1S/C11H23NO2/c1-4-14-8-11(13)7-12(3)9(2)10-5-6-10/h9-11,13H,4-8H2,1-3H3. The van der Waals surface area contributed by atoms with Gasteiger partial charge in [0.2, 0.25) is 0 Å². The fourth-order valence-corrected chi connectivity index (χ4v) is 1.74. The molecule has 0 saturated heterocycles. The second-order valence-corrected chi connectivity index (χ2v) is 4.33. The monoisotopic (exact) mass is 201 g/mol. The number of aliphatic hydroxyl groups is 1. The maximum absolute atomic E-state index is 9.64. The summed E-state index contributed by atoms with van der Waals surface area (Å²) >= 11 is 0. The van der Waals surface area contributed by atoms with Crippen molar-refractivity contribution >= 4 is 0 Å². The third-order valence-electron chi connectivity index (χ3n) is 3.01. The van der Waals surface area contributed by atoms with Gasteiger partial charge >= 0.3 is 0 Å². The summed E-state index contributed by atoms with van der Waals surface area (Å²) in [4.78, 5) is 2.24. The lowest BCUT2D eigenvalue weighted by atomic mass is 10.2. The van der Waals surface area contributed by atoms with E-state index in [1.165, 1.54) is 12.8 Å². The van der Waals surface area contributed by atoms with E-state index in [0.717, 1.165) is 12.5 Å². The van der Waals surface area contributed by atoms with Crippen LogP contribution < -0.4 is 0 Å². The molecular formula is C11H23NO2. The molecule has 1 aliphatic rings. The second kappa shape index (κ2) is 5.69. The van der Waals surface area contributed by atoms with E-state index < -0.39 is 0 Å². The molecule has 3 nitrogen and oxygen atoms in total. The van der Waals surface area contributed by atoms with E-state index >= 15 is 0 Å². The Morgan fingerprint density at radius 2 is 2.14 bits per heavy atom. The zero-order chi connectivity index (χ0) is 10.6. The molecule has 0 amide bonds. The lowest BCUT2D eigenvalue weighted by Crippen LogP contribution is -2.38. The van der Waals surface area contributed by atoms with Gasteiger partial charge in [0.05, 0.1) is 12.7 Å². The summed E-state index contributed by atoms with van der Waals surface area (Å²) in [6, 6.07) is 0.603. The summed E-state index contributed by atoms with van der Waals surface area (Å²) < 4.78 is 5.18. The van der Waals surface area contributed by atoms with Crippen molar-refractivity contribution in [1.82, 2.24) is 4.90 Å². The Kier molecular flexibility index (Phi) is 4.85. The number of ether oxygens (including phenoxy) is 1. The number of rotatable bonds is 7. The Morgan fingerprint density at radius 1 is 1.50 bits per heavy atom. The van der Waals surface area contributed by atoms with Crippen LogP contribution in [0.3, 0.4) is 0 Å². The van der Waals surface area contributed by atoms with Crippen LogP contribution in [0.25, 0.3) is 0 Å². The predicted molar refractivity (Wildman–Crippen MR) is 57.3 cm³/mol. The minimum atomic E-state index is -0.346. The van der Waals surface area contributed by atoms with E-state index in [0.29, 0.717) is 19.3 Å². The Balaban J connectivity index is 2.14. The third-order valence-corrected chi connectivity index (χ3v) is 3.01. The fourth-order valence-electron chi connectivity index (χ4n) is 1.74. The van der Waals surface area contributed by atoms with E-state index in [9.17, 15) is 5.11 Å². The lowest BCUT2D eigenvalue weighted by Gasteiger charge is -2.26. The zero-order valence-electron chi connectivity index (χ0n) is 9.57. The first kappa shape index (κ1) is 12.0. The first-order chi connectivity index (χ1) is 6.65. The van der Waals surface area contributed by atoms with Crippen molar-refractivity contribution < 1.29 is 9.84 Å². The molecule has 0 spiro atoms. The number of hydrogen-bond donors (Lipinski definition) is 1. The predicted octanol–water partition coefficient (Wildman–Crippen LogP) is 1.11. The van der Waals surface area contributed by atoms with Crippen molar-refractivity contribution in [3.8, 4) is 0 Å². The molecule has 2 atom stereocenters. The van der Waals surface area contributed by atoms with Crippen LogP contribution >= 0.6 is 0 Å². The minimum absolute atomic E-state index is 0.346. The zero-order valence-corrected chi connectivity index (χ0v) is 9.57. The van der Waals surface area contributed by atoms with Gasteiger partial charge in [0.1, 0.15) is 0 Å². The van der Waals surface area contributed by atoms with Gasteiger partial charge in [-0.15, -0.1) is 0 Å². The van der Waals surface area contributed by atoms with Gasteiger partial charge in [-0.1, -0.05) is 0 Å². The van der Waals surface area contributed by atoms with Crippen LogP contribution in [0.2, 0.25) is 0 Å². The molecule has 1 N–H and O–H groups in total. The highest BCUT2D eigenvalue weighted by Crippen LogP contribution is 2.34. The molecule has 1 saturated carbocycles. The summed E-state index contributed by atoms with van der Waals surface area (Å²) in [6.45, 7) is 6.04. The van der Waals surface area contributed by atoms with Gasteiger partial charge in [-0.3, -0.25) is 0 Å². The minimum Gasteiger partial charge on any atom is -0.389 e. The van der Waals surface area contributed by atoms with Crippen LogP contribution in [0, 0.1) is 5.92 Å². The fraction of sp³-hybridized carbons (Fsp3) is 1.00. The summed E-state index contributed by atoms with van der Waals surface area (Å²) in [5.74, 6) is 0.860. The Labute approximate surface area is 87.1 Å². The van der Waals surface area contributed by atoms with Crippen molar-refractivity contribution in [2.24, 2.45) is 5.92 Å². The van der Waals surface area contributed by atoms with Gasteiger partial charge in [-0.2, -0.15) is 0 Å². The summed E-state index contributed by atoms with van der Waals surface area (Å²) in [5.41, 5.74) is 0. The van der Waals surface area contributed by atoms with Gasteiger partial charge in [0, 0.05) is 19.2 Å². The van der Waals surface area contributed by atoms with Crippen LogP contribution in [-0.4, -0.2) is 49.0 Å². The molecule has 1 rings (SSSR count). The topological polar surface area (TPSA) is 32.7 Å². The molecular weight excluding hydrogens is 178 g/mol. The number of likely N-dealkylation sites (N-methyl/N-ethyl adjacent to an activating group) is 1. The molecule has 2 unspecified atom stereocenters. The Morgan fingerprint density at radius 3 is 2.64 bits per heavy atom. The van der Waals surface area contributed by atoms with E-state index in [2.05, 4.69) is 18.9 Å². The molecule has 0 aromatic carbocycles. The van der Waals surface area contributed by atoms with Gasteiger partial charge < -0.3 is 14.7 Å². The highest BCUT2D eigenvalue weighted by molar-refractivity contribution is 4.84. The molecule has 0 heterocycles. The van der Waals surface area contributed by atoms with Crippen LogP contribution in [0.4, 0.5) is 0 Å². The van der Waals surface area contributed by atoms with Crippen LogP contribution in [0.15, 0.2) is 0 Å². The Bertz CT molecular complexity index is 159. The first-order valence-electron chi connectivity index (χ1n) is 5.61. The van der Waals surface area contributed by atoms with E-state index in [1.54, 1.807) is 0 Å². The molecule has 1 aliphatic carbocycles. The average Bonchev–Trinajstić information content (AvgIpc) is 2.96. The van der Waals surface area contributed by atoms with Crippen LogP contribution in [0.5, 0.6) is 0 Å². The number of nitrogens with zero attached hydrogens (tertiary/aromatic N) is 1. The van der Waals surface area contributed by atoms with Crippen LogP contribution in [-0.2, 0) is 4.74 Å². The third kappa shape index (κ3) is 3.95. The molecule has 0 aromatic heterocycles. The SMILES string of the molecule is CCOCC(O)CN(C)C(C)C1CC1. The second-order valence-electron chi connectivity index (χ2n) is 4.33. The van der Waals surface area contributed by atoms with Gasteiger partial charge in [0.25, 0.3) is 0 Å². The van der Waals surface area contributed by atoms with Crippen LogP contribution in [0.1, 0.15) is 26.7 Å². The molecule has 0 aliphatic heterocycles. The Hall–Kier alpha value is -0.120. The highest BCUT2D eigenvalue weighted by atomic mass is 16.5. The maximum Gasteiger partial charge on any atom is 0.0900 e. The van der Waals surface area contributed by atoms with Crippen molar-refractivity contribution in [2.75, 3.05) is 26.8 Å². The molecule has 0 bridgehead atoms. The van der Waals surface area contributed by atoms with E-state index in [-0.39, 0.29) is 6.10 Å². The summed E-state index contributed by atoms with van der Waals surface area (Å²) in [5, 5.41) is 9.64. The molecule has 14 heavy (non-hydrogen) atoms. The van der Waals surface area contributed by atoms with E-state index in [4.69, 9.17) is 4.74 Å². The summed E-state index contributed by atoms with van der Waals surface area (Å²) in [7, 11) is 2.08. The lowest BCUT2D eigenvalue weighted by molar-refractivity contribution is 0.0181. The molecule has 84 valence electrons. The maximum atomic E-state index is 9.64. The van der Waals surface area contributed by atoms with Crippen molar-refractivity contribution in [3.63, 3.8) is 0 Å². The largest absolute Gasteiger partial charge is 0.389 e. The molecule has 0 aromatic rings. The smallest absolute Gasteiger partial charge is 0.0900 e.